The maximum Gasteiger partial charge on any atom is 0.317 e. The van der Waals surface area contributed by atoms with Crippen LogP contribution in [0.1, 0.15) is 36.5 Å². The SMILES string of the molecule is CC(C1CC1)N(C)C(=O)NCc1cccc(COCc2ccccc2)c1. The van der Waals surface area contributed by atoms with Gasteiger partial charge in [0.15, 0.2) is 0 Å². The van der Waals surface area contributed by atoms with E-state index in [9.17, 15) is 4.79 Å². The van der Waals surface area contributed by atoms with Crippen molar-refractivity contribution in [2.24, 2.45) is 5.92 Å². The number of urea groups is 1. The Hall–Kier alpha value is -2.33. The molecular formula is C22H28N2O2. The smallest absolute Gasteiger partial charge is 0.317 e. The third kappa shape index (κ3) is 5.33. The van der Waals surface area contributed by atoms with E-state index in [2.05, 4.69) is 36.5 Å². The largest absolute Gasteiger partial charge is 0.372 e. The van der Waals surface area contributed by atoms with Gasteiger partial charge in [-0.25, -0.2) is 4.79 Å². The summed E-state index contributed by atoms with van der Waals surface area (Å²) < 4.78 is 5.79. The summed E-state index contributed by atoms with van der Waals surface area (Å²) in [6.45, 7) is 3.83. The summed E-state index contributed by atoms with van der Waals surface area (Å²) in [4.78, 5) is 14.1. The van der Waals surface area contributed by atoms with E-state index >= 15 is 0 Å². The number of hydrogen-bond donors (Lipinski definition) is 1. The van der Waals surface area contributed by atoms with Crippen LogP contribution < -0.4 is 5.32 Å². The molecule has 1 saturated carbocycles. The van der Waals surface area contributed by atoms with Crippen LogP contribution in [-0.2, 0) is 24.5 Å². The van der Waals surface area contributed by atoms with Crippen LogP contribution in [0.2, 0.25) is 0 Å². The number of amides is 2. The molecule has 1 unspecified atom stereocenters. The summed E-state index contributed by atoms with van der Waals surface area (Å²) in [5.41, 5.74) is 3.38. The standard InChI is InChI=1S/C22H28N2O2/c1-17(21-11-12-21)24(2)22(25)23-14-19-9-6-10-20(13-19)16-26-15-18-7-4-3-5-8-18/h3-10,13,17,21H,11-12,14-16H2,1-2H3,(H,23,25). The Labute approximate surface area is 156 Å². The molecule has 0 heterocycles. The second-order valence-corrected chi connectivity index (χ2v) is 7.15. The van der Waals surface area contributed by atoms with Crippen LogP contribution in [0.4, 0.5) is 4.79 Å². The van der Waals surface area contributed by atoms with Gasteiger partial charge in [0.1, 0.15) is 0 Å². The van der Waals surface area contributed by atoms with Crippen molar-refractivity contribution in [3.05, 3.63) is 71.3 Å². The Bertz CT molecular complexity index is 713. The van der Waals surface area contributed by atoms with Crippen LogP contribution in [-0.4, -0.2) is 24.0 Å². The molecule has 2 aromatic rings. The van der Waals surface area contributed by atoms with Crippen molar-refractivity contribution in [2.75, 3.05) is 7.05 Å². The van der Waals surface area contributed by atoms with E-state index in [-0.39, 0.29) is 6.03 Å². The average molecular weight is 352 g/mol. The molecule has 0 bridgehead atoms. The van der Waals surface area contributed by atoms with Crippen molar-refractivity contribution in [3.63, 3.8) is 0 Å². The first-order valence-corrected chi connectivity index (χ1v) is 9.33. The molecule has 2 amide bonds. The monoisotopic (exact) mass is 352 g/mol. The van der Waals surface area contributed by atoms with Gasteiger partial charge in [0.05, 0.1) is 13.2 Å². The van der Waals surface area contributed by atoms with E-state index in [1.165, 1.54) is 18.4 Å². The number of carbonyl (C=O) groups is 1. The zero-order valence-corrected chi connectivity index (χ0v) is 15.7. The lowest BCUT2D eigenvalue weighted by Gasteiger charge is -2.25. The third-order valence-corrected chi connectivity index (χ3v) is 5.05. The fraction of sp³-hybridized carbons (Fsp3) is 0.409. The number of nitrogens with zero attached hydrogens (tertiary/aromatic N) is 1. The number of nitrogens with one attached hydrogen (secondary N) is 1. The Kier molecular flexibility index (Phi) is 6.29. The lowest BCUT2D eigenvalue weighted by atomic mass is 10.1. The van der Waals surface area contributed by atoms with Gasteiger partial charge in [-0.2, -0.15) is 0 Å². The molecule has 0 saturated heterocycles. The zero-order valence-electron chi connectivity index (χ0n) is 15.7. The van der Waals surface area contributed by atoms with E-state index < -0.39 is 0 Å². The highest BCUT2D eigenvalue weighted by Crippen LogP contribution is 2.34. The molecule has 1 atom stereocenters. The molecule has 1 N–H and O–H groups in total. The molecule has 4 heteroatoms. The van der Waals surface area contributed by atoms with Crippen molar-refractivity contribution >= 4 is 6.03 Å². The lowest BCUT2D eigenvalue weighted by Crippen LogP contribution is -2.43. The quantitative estimate of drug-likeness (QED) is 0.768. The molecular weight excluding hydrogens is 324 g/mol. The normalized spacial score (nSPS) is 14.7. The highest BCUT2D eigenvalue weighted by Gasteiger charge is 2.32. The minimum Gasteiger partial charge on any atom is -0.372 e. The molecule has 2 aromatic carbocycles. The summed E-state index contributed by atoms with van der Waals surface area (Å²) in [6, 6.07) is 18.7. The van der Waals surface area contributed by atoms with Crippen molar-refractivity contribution in [1.29, 1.82) is 0 Å². The summed E-state index contributed by atoms with van der Waals surface area (Å²) >= 11 is 0. The minimum absolute atomic E-state index is 0.00451. The molecule has 26 heavy (non-hydrogen) atoms. The number of rotatable bonds is 8. The van der Waals surface area contributed by atoms with Gasteiger partial charge in [-0.05, 0) is 42.4 Å². The van der Waals surface area contributed by atoms with Crippen LogP contribution in [0.5, 0.6) is 0 Å². The van der Waals surface area contributed by atoms with Gasteiger partial charge < -0.3 is 15.0 Å². The average Bonchev–Trinajstić information content (AvgIpc) is 3.51. The molecule has 0 aliphatic heterocycles. The van der Waals surface area contributed by atoms with Gasteiger partial charge in [-0.1, -0.05) is 54.6 Å². The van der Waals surface area contributed by atoms with Crippen molar-refractivity contribution < 1.29 is 9.53 Å². The molecule has 0 radical (unpaired) electrons. The van der Waals surface area contributed by atoms with Gasteiger partial charge in [0.25, 0.3) is 0 Å². The van der Waals surface area contributed by atoms with Gasteiger partial charge >= 0.3 is 6.03 Å². The van der Waals surface area contributed by atoms with E-state index in [4.69, 9.17) is 4.74 Å². The number of carbonyl (C=O) groups excluding carboxylic acids is 1. The van der Waals surface area contributed by atoms with Gasteiger partial charge in [-0.3, -0.25) is 0 Å². The van der Waals surface area contributed by atoms with Gasteiger partial charge in [0.2, 0.25) is 0 Å². The first-order chi connectivity index (χ1) is 12.6. The van der Waals surface area contributed by atoms with Crippen LogP contribution in [0.3, 0.4) is 0 Å². The maximum absolute atomic E-state index is 12.3. The Balaban J connectivity index is 1.45. The highest BCUT2D eigenvalue weighted by atomic mass is 16.5. The zero-order chi connectivity index (χ0) is 18.4. The van der Waals surface area contributed by atoms with Crippen LogP contribution in [0, 0.1) is 5.92 Å². The number of benzene rings is 2. The molecule has 1 fully saturated rings. The van der Waals surface area contributed by atoms with Crippen molar-refractivity contribution in [1.82, 2.24) is 10.2 Å². The molecule has 0 spiro atoms. The van der Waals surface area contributed by atoms with E-state index in [0.29, 0.717) is 31.7 Å². The predicted molar refractivity (Wildman–Crippen MR) is 104 cm³/mol. The Morgan fingerprint density at radius 2 is 1.73 bits per heavy atom. The Morgan fingerprint density at radius 3 is 2.46 bits per heavy atom. The van der Waals surface area contributed by atoms with Crippen LogP contribution >= 0.6 is 0 Å². The van der Waals surface area contributed by atoms with E-state index in [0.717, 1.165) is 11.1 Å². The molecule has 1 aliphatic rings. The fourth-order valence-corrected chi connectivity index (χ4v) is 3.07. The third-order valence-electron chi connectivity index (χ3n) is 5.05. The lowest BCUT2D eigenvalue weighted by molar-refractivity contribution is 0.107. The van der Waals surface area contributed by atoms with Crippen LogP contribution in [0.15, 0.2) is 54.6 Å². The van der Waals surface area contributed by atoms with Crippen molar-refractivity contribution in [3.8, 4) is 0 Å². The van der Waals surface area contributed by atoms with Gasteiger partial charge in [-0.15, -0.1) is 0 Å². The highest BCUT2D eigenvalue weighted by molar-refractivity contribution is 5.74. The number of hydrogen-bond acceptors (Lipinski definition) is 2. The topological polar surface area (TPSA) is 41.6 Å². The summed E-state index contributed by atoms with van der Waals surface area (Å²) in [5, 5.41) is 3.02. The van der Waals surface area contributed by atoms with Crippen molar-refractivity contribution in [2.45, 2.75) is 45.6 Å². The second kappa shape index (κ2) is 8.86. The molecule has 138 valence electrons. The van der Waals surface area contributed by atoms with E-state index in [1.54, 1.807) is 0 Å². The first-order valence-electron chi connectivity index (χ1n) is 9.33. The second-order valence-electron chi connectivity index (χ2n) is 7.15. The maximum atomic E-state index is 12.3. The first kappa shape index (κ1) is 18.5. The molecule has 0 aromatic heterocycles. The van der Waals surface area contributed by atoms with E-state index in [1.807, 2.05) is 42.3 Å². The Morgan fingerprint density at radius 1 is 1.08 bits per heavy atom. The summed E-state index contributed by atoms with van der Waals surface area (Å²) in [5.74, 6) is 0.677. The van der Waals surface area contributed by atoms with Crippen LogP contribution in [0.25, 0.3) is 0 Å². The van der Waals surface area contributed by atoms with Gasteiger partial charge in [0, 0.05) is 19.6 Å². The fourth-order valence-electron chi connectivity index (χ4n) is 3.07. The molecule has 1 aliphatic carbocycles. The molecule has 3 rings (SSSR count). The summed E-state index contributed by atoms with van der Waals surface area (Å²) in [7, 11) is 1.88. The minimum atomic E-state index is -0.00451. The predicted octanol–water partition coefficient (Wildman–Crippen LogP) is 4.34. The molecule has 4 nitrogen and oxygen atoms in total. The summed E-state index contributed by atoms with van der Waals surface area (Å²) in [6.07, 6.45) is 2.48. The number of ether oxygens (including phenoxy) is 1.